The standard InChI is InChI=1S/C20H26O2/c1-6-15-8-9-17(12-16(15)7-2)14(3)18-10-11-19(21-4)20(13-18)22-5/h8-14H,6-7H2,1-5H3. The van der Waals surface area contributed by atoms with Crippen LogP contribution in [0.25, 0.3) is 0 Å². The van der Waals surface area contributed by atoms with Gasteiger partial charge in [-0.1, -0.05) is 45.0 Å². The van der Waals surface area contributed by atoms with Crippen molar-refractivity contribution in [1.29, 1.82) is 0 Å². The second-order valence-corrected chi connectivity index (χ2v) is 5.57. The quantitative estimate of drug-likeness (QED) is 0.748. The summed E-state index contributed by atoms with van der Waals surface area (Å²) in [5, 5.41) is 0. The van der Waals surface area contributed by atoms with Gasteiger partial charge in [0.25, 0.3) is 0 Å². The molecule has 0 heterocycles. The Hall–Kier alpha value is -1.96. The zero-order valence-electron chi connectivity index (χ0n) is 14.3. The maximum absolute atomic E-state index is 5.42. The molecule has 2 rings (SSSR count). The van der Waals surface area contributed by atoms with Crippen molar-refractivity contribution >= 4 is 0 Å². The van der Waals surface area contributed by atoms with E-state index in [-0.39, 0.29) is 0 Å². The van der Waals surface area contributed by atoms with Gasteiger partial charge in [0.2, 0.25) is 0 Å². The monoisotopic (exact) mass is 298 g/mol. The highest BCUT2D eigenvalue weighted by Gasteiger charge is 2.13. The highest BCUT2D eigenvalue weighted by atomic mass is 16.5. The van der Waals surface area contributed by atoms with E-state index >= 15 is 0 Å². The Morgan fingerprint density at radius 2 is 1.36 bits per heavy atom. The van der Waals surface area contributed by atoms with E-state index in [1.165, 1.54) is 22.3 Å². The van der Waals surface area contributed by atoms with E-state index in [1.807, 2.05) is 6.07 Å². The summed E-state index contributed by atoms with van der Waals surface area (Å²) >= 11 is 0. The Morgan fingerprint density at radius 1 is 0.773 bits per heavy atom. The Morgan fingerprint density at radius 3 is 1.95 bits per heavy atom. The van der Waals surface area contributed by atoms with Gasteiger partial charge < -0.3 is 9.47 Å². The summed E-state index contributed by atoms with van der Waals surface area (Å²) < 4.78 is 10.7. The molecule has 2 heteroatoms. The normalized spacial score (nSPS) is 12.0. The fourth-order valence-corrected chi connectivity index (χ4v) is 2.90. The number of benzene rings is 2. The molecule has 0 saturated carbocycles. The molecular weight excluding hydrogens is 272 g/mol. The van der Waals surface area contributed by atoms with Crippen LogP contribution in [0.3, 0.4) is 0 Å². The van der Waals surface area contributed by atoms with Crippen LogP contribution in [0.1, 0.15) is 48.9 Å². The summed E-state index contributed by atoms with van der Waals surface area (Å²) in [5.41, 5.74) is 5.49. The average Bonchev–Trinajstić information content (AvgIpc) is 2.59. The molecule has 2 aromatic rings. The molecule has 2 nitrogen and oxygen atoms in total. The Labute approximate surface area is 134 Å². The summed E-state index contributed by atoms with van der Waals surface area (Å²) in [5.74, 6) is 1.89. The highest BCUT2D eigenvalue weighted by Crippen LogP contribution is 2.33. The molecule has 0 saturated heterocycles. The summed E-state index contributed by atoms with van der Waals surface area (Å²) in [6.45, 7) is 6.67. The third-order valence-corrected chi connectivity index (χ3v) is 4.40. The van der Waals surface area contributed by atoms with Gasteiger partial charge in [0.05, 0.1) is 14.2 Å². The van der Waals surface area contributed by atoms with Crippen molar-refractivity contribution in [2.45, 2.75) is 39.5 Å². The molecule has 0 aliphatic carbocycles. The molecule has 0 bridgehead atoms. The van der Waals surface area contributed by atoms with Gasteiger partial charge in [0.1, 0.15) is 0 Å². The molecule has 2 aromatic carbocycles. The Kier molecular flexibility index (Phi) is 5.48. The number of ether oxygens (including phenoxy) is 2. The van der Waals surface area contributed by atoms with Crippen LogP contribution in [-0.2, 0) is 12.8 Å². The molecule has 0 radical (unpaired) electrons. The third kappa shape index (κ3) is 3.27. The first-order valence-corrected chi connectivity index (χ1v) is 7.98. The van der Waals surface area contributed by atoms with E-state index in [9.17, 15) is 0 Å². The summed E-state index contributed by atoms with van der Waals surface area (Å²) in [6, 6.07) is 13.0. The average molecular weight is 298 g/mol. The first kappa shape index (κ1) is 16.4. The Bertz CT molecular complexity index is 576. The molecule has 0 spiro atoms. The van der Waals surface area contributed by atoms with Crippen molar-refractivity contribution in [3.05, 3.63) is 58.7 Å². The van der Waals surface area contributed by atoms with Gasteiger partial charge in [-0.3, -0.25) is 0 Å². The molecule has 1 atom stereocenters. The van der Waals surface area contributed by atoms with E-state index in [0.717, 1.165) is 24.3 Å². The van der Waals surface area contributed by atoms with Gasteiger partial charge in [-0.15, -0.1) is 0 Å². The van der Waals surface area contributed by atoms with Crippen LogP contribution in [0.2, 0.25) is 0 Å². The van der Waals surface area contributed by atoms with Gasteiger partial charge in [0, 0.05) is 5.92 Å². The van der Waals surface area contributed by atoms with Gasteiger partial charge >= 0.3 is 0 Å². The predicted molar refractivity (Wildman–Crippen MR) is 92.3 cm³/mol. The van der Waals surface area contributed by atoms with Gasteiger partial charge in [-0.05, 0) is 47.2 Å². The minimum absolute atomic E-state index is 0.330. The third-order valence-electron chi connectivity index (χ3n) is 4.40. The van der Waals surface area contributed by atoms with Crippen LogP contribution >= 0.6 is 0 Å². The minimum atomic E-state index is 0.330. The maximum atomic E-state index is 5.42. The first-order chi connectivity index (χ1) is 10.6. The van der Waals surface area contributed by atoms with Gasteiger partial charge in [0.15, 0.2) is 11.5 Å². The van der Waals surface area contributed by atoms with Crippen LogP contribution in [0.5, 0.6) is 11.5 Å². The van der Waals surface area contributed by atoms with Gasteiger partial charge in [-0.25, -0.2) is 0 Å². The second kappa shape index (κ2) is 7.35. The predicted octanol–water partition coefficient (Wildman–Crippen LogP) is 4.98. The Balaban J connectivity index is 2.37. The lowest BCUT2D eigenvalue weighted by Gasteiger charge is -2.17. The largest absolute Gasteiger partial charge is 0.493 e. The van der Waals surface area contributed by atoms with E-state index in [4.69, 9.17) is 9.47 Å². The lowest BCUT2D eigenvalue weighted by atomic mass is 9.89. The lowest BCUT2D eigenvalue weighted by molar-refractivity contribution is 0.354. The minimum Gasteiger partial charge on any atom is -0.493 e. The van der Waals surface area contributed by atoms with Gasteiger partial charge in [-0.2, -0.15) is 0 Å². The van der Waals surface area contributed by atoms with Crippen LogP contribution in [0.4, 0.5) is 0 Å². The number of methoxy groups -OCH3 is 2. The van der Waals surface area contributed by atoms with Crippen LogP contribution in [0, 0.1) is 0 Å². The number of hydrogen-bond donors (Lipinski definition) is 0. The highest BCUT2D eigenvalue weighted by molar-refractivity contribution is 5.46. The van der Waals surface area contributed by atoms with Crippen molar-refractivity contribution in [2.24, 2.45) is 0 Å². The summed E-state index contributed by atoms with van der Waals surface area (Å²) in [4.78, 5) is 0. The first-order valence-electron chi connectivity index (χ1n) is 7.98. The molecule has 22 heavy (non-hydrogen) atoms. The number of hydrogen-bond acceptors (Lipinski definition) is 2. The van der Waals surface area contributed by atoms with Crippen LogP contribution in [0.15, 0.2) is 36.4 Å². The smallest absolute Gasteiger partial charge is 0.161 e. The fourth-order valence-electron chi connectivity index (χ4n) is 2.90. The second-order valence-electron chi connectivity index (χ2n) is 5.57. The molecule has 0 aliphatic heterocycles. The van der Waals surface area contributed by atoms with Crippen molar-refractivity contribution in [1.82, 2.24) is 0 Å². The molecule has 0 aromatic heterocycles. The van der Waals surface area contributed by atoms with E-state index in [1.54, 1.807) is 14.2 Å². The molecule has 0 aliphatic rings. The zero-order valence-corrected chi connectivity index (χ0v) is 14.3. The van der Waals surface area contributed by atoms with E-state index in [2.05, 4.69) is 51.1 Å². The fraction of sp³-hybridized carbons (Fsp3) is 0.400. The maximum Gasteiger partial charge on any atom is 0.161 e. The van der Waals surface area contributed by atoms with Crippen molar-refractivity contribution in [2.75, 3.05) is 14.2 Å². The van der Waals surface area contributed by atoms with Crippen LogP contribution < -0.4 is 9.47 Å². The topological polar surface area (TPSA) is 18.5 Å². The van der Waals surface area contributed by atoms with Crippen LogP contribution in [-0.4, -0.2) is 14.2 Å². The SMILES string of the molecule is CCc1ccc(C(C)c2ccc(OC)c(OC)c2)cc1CC. The number of aryl methyl sites for hydroxylation is 2. The number of rotatable bonds is 6. The molecule has 0 N–H and O–H groups in total. The lowest BCUT2D eigenvalue weighted by Crippen LogP contribution is -2.01. The van der Waals surface area contributed by atoms with E-state index < -0.39 is 0 Å². The summed E-state index contributed by atoms with van der Waals surface area (Å²) in [7, 11) is 3.34. The molecule has 0 fully saturated rings. The molecule has 0 amide bonds. The molecular formula is C20H26O2. The van der Waals surface area contributed by atoms with Crippen molar-refractivity contribution in [3.8, 4) is 11.5 Å². The van der Waals surface area contributed by atoms with E-state index in [0.29, 0.717) is 5.92 Å². The molecule has 1 unspecified atom stereocenters. The van der Waals surface area contributed by atoms with Crippen molar-refractivity contribution in [3.63, 3.8) is 0 Å². The summed E-state index contributed by atoms with van der Waals surface area (Å²) in [6.07, 6.45) is 2.17. The van der Waals surface area contributed by atoms with Crippen molar-refractivity contribution < 1.29 is 9.47 Å². The molecule has 118 valence electrons. The zero-order chi connectivity index (χ0) is 16.1.